The van der Waals surface area contributed by atoms with E-state index in [-0.39, 0.29) is 11.9 Å². The van der Waals surface area contributed by atoms with E-state index in [1.807, 2.05) is 0 Å². The number of rotatable bonds is 4. The van der Waals surface area contributed by atoms with Gasteiger partial charge >= 0.3 is 0 Å². The number of aryl methyl sites for hydroxylation is 1. The van der Waals surface area contributed by atoms with Gasteiger partial charge in [0.1, 0.15) is 11.6 Å². The van der Waals surface area contributed by atoms with Crippen molar-refractivity contribution >= 4 is 11.0 Å². The molecule has 110 valence electrons. The van der Waals surface area contributed by atoms with E-state index >= 15 is 0 Å². The van der Waals surface area contributed by atoms with Gasteiger partial charge in [-0.25, -0.2) is 9.37 Å². The standard InChI is InChI=1S/C16H19FN4/c1-12(20-8-2-3-9-20)16-19-14-11-13(17)5-6-15(14)21(16)10-4-7-18/h5-6,11-12H,2-4,8-10H2,1H3. The maximum absolute atomic E-state index is 13.4. The van der Waals surface area contributed by atoms with Crippen LogP contribution in [-0.4, -0.2) is 27.5 Å². The number of nitriles is 1. The van der Waals surface area contributed by atoms with Crippen molar-refractivity contribution in [2.24, 2.45) is 0 Å². The molecule has 0 aliphatic carbocycles. The van der Waals surface area contributed by atoms with Crippen LogP contribution < -0.4 is 0 Å². The number of halogens is 1. The third-order valence-corrected chi connectivity index (χ3v) is 4.25. The van der Waals surface area contributed by atoms with Crippen LogP contribution >= 0.6 is 0 Å². The van der Waals surface area contributed by atoms with Crippen molar-refractivity contribution in [3.63, 3.8) is 0 Å². The van der Waals surface area contributed by atoms with Gasteiger partial charge in [-0.1, -0.05) is 0 Å². The summed E-state index contributed by atoms with van der Waals surface area (Å²) < 4.78 is 15.5. The highest BCUT2D eigenvalue weighted by molar-refractivity contribution is 5.76. The molecule has 1 aromatic carbocycles. The van der Waals surface area contributed by atoms with Gasteiger partial charge in [0.05, 0.1) is 29.6 Å². The van der Waals surface area contributed by atoms with Crippen LogP contribution in [0.15, 0.2) is 18.2 Å². The third-order valence-electron chi connectivity index (χ3n) is 4.25. The highest BCUT2D eigenvalue weighted by Gasteiger charge is 2.24. The van der Waals surface area contributed by atoms with Crippen molar-refractivity contribution in [3.05, 3.63) is 29.8 Å². The molecule has 1 aromatic heterocycles. The Morgan fingerprint density at radius 3 is 2.86 bits per heavy atom. The summed E-state index contributed by atoms with van der Waals surface area (Å²) in [6, 6.07) is 7.06. The number of hydrogen-bond acceptors (Lipinski definition) is 3. The molecule has 21 heavy (non-hydrogen) atoms. The van der Waals surface area contributed by atoms with Crippen molar-refractivity contribution in [2.45, 2.75) is 38.8 Å². The second-order valence-corrected chi connectivity index (χ2v) is 5.58. The normalized spacial score (nSPS) is 17.2. The van der Waals surface area contributed by atoms with Crippen molar-refractivity contribution < 1.29 is 4.39 Å². The maximum Gasteiger partial charge on any atom is 0.127 e. The van der Waals surface area contributed by atoms with Gasteiger partial charge in [0.15, 0.2) is 0 Å². The minimum atomic E-state index is -0.271. The van der Waals surface area contributed by atoms with Gasteiger partial charge in [0.2, 0.25) is 0 Å². The van der Waals surface area contributed by atoms with Crippen molar-refractivity contribution in [1.29, 1.82) is 5.26 Å². The highest BCUT2D eigenvalue weighted by Crippen LogP contribution is 2.28. The number of hydrogen-bond donors (Lipinski definition) is 0. The average molecular weight is 286 g/mol. The first-order valence-electron chi connectivity index (χ1n) is 7.47. The fourth-order valence-corrected chi connectivity index (χ4v) is 3.13. The molecule has 1 aliphatic rings. The molecule has 1 aliphatic heterocycles. The van der Waals surface area contributed by atoms with Crippen LogP contribution in [0.5, 0.6) is 0 Å². The van der Waals surface area contributed by atoms with Gasteiger partial charge in [-0.05, 0) is 45.0 Å². The largest absolute Gasteiger partial charge is 0.326 e. The molecule has 3 rings (SSSR count). The van der Waals surface area contributed by atoms with Gasteiger partial charge in [0, 0.05) is 12.6 Å². The number of imidazole rings is 1. The second kappa shape index (κ2) is 5.82. The van der Waals surface area contributed by atoms with Crippen LogP contribution in [0.3, 0.4) is 0 Å². The molecule has 1 atom stereocenters. The highest BCUT2D eigenvalue weighted by atomic mass is 19.1. The van der Waals surface area contributed by atoms with E-state index in [0.29, 0.717) is 18.5 Å². The Kier molecular flexibility index (Phi) is 3.89. The quantitative estimate of drug-likeness (QED) is 0.866. The van der Waals surface area contributed by atoms with E-state index in [0.717, 1.165) is 24.4 Å². The summed E-state index contributed by atoms with van der Waals surface area (Å²) in [5, 5.41) is 8.87. The smallest absolute Gasteiger partial charge is 0.127 e. The van der Waals surface area contributed by atoms with Crippen LogP contribution in [0.1, 0.15) is 38.1 Å². The van der Waals surface area contributed by atoms with Crippen molar-refractivity contribution in [1.82, 2.24) is 14.5 Å². The Hall–Kier alpha value is -1.93. The Morgan fingerprint density at radius 1 is 1.38 bits per heavy atom. The monoisotopic (exact) mass is 286 g/mol. The van der Waals surface area contributed by atoms with E-state index in [4.69, 9.17) is 5.26 Å². The molecular weight excluding hydrogens is 267 g/mol. The fraction of sp³-hybridized carbons (Fsp3) is 0.500. The molecule has 4 nitrogen and oxygen atoms in total. The van der Waals surface area contributed by atoms with Crippen LogP contribution in [0.4, 0.5) is 4.39 Å². The maximum atomic E-state index is 13.4. The minimum Gasteiger partial charge on any atom is -0.326 e. The summed E-state index contributed by atoms with van der Waals surface area (Å²) in [4.78, 5) is 7.05. The number of aromatic nitrogens is 2. The first-order valence-corrected chi connectivity index (χ1v) is 7.47. The van der Waals surface area contributed by atoms with Gasteiger partial charge in [-0.3, -0.25) is 4.90 Å². The van der Waals surface area contributed by atoms with Gasteiger partial charge < -0.3 is 4.57 Å². The van der Waals surface area contributed by atoms with Crippen LogP contribution in [0, 0.1) is 17.1 Å². The Labute approximate surface area is 123 Å². The third kappa shape index (κ3) is 2.64. The van der Waals surface area contributed by atoms with E-state index in [1.165, 1.54) is 25.0 Å². The Bertz CT molecular complexity index is 679. The minimum absolute atomic E-state index is 0.196. The first-order chi connectivity index (χ1) is 10.2. The fourth-order valence-electron chi connectivity index (χ4n) is 3.13. The lowest BCUT2D eigenvalue weighted by Gasteiger charge is -2.24. The van der Waals surface area contributed by atoms with E-state index in [2.05, 4.69) is 27.4 Å². The zero-order chi connectivity index (χ0) is 14.8. The van der Waals surface area contributed by atoms with E-state index in [1.54, 1.807) is 6.07 Å². The molecule has 0 amide bonds. The lowest BCUT2D eigenvalue weighted by atomic mass is 10.2. The van der Waals surface area contributed by atoms with Crippen molar-refractivity contribution in [3.8, 4) is 6.07 Å². The molecular formula is C16H19FN4. The molecule has 2 heterocycles. The van der Waals surface area contributed by atoms with Gasteiger partial charge in [-0.2, -0.15) is 5.26 Å². The summed E-state index contributed by atoms with van der Waals surface area (Å²) in [6.45, 7) is 4.91. The number of nitrogens with zero attached hydrogens (tertiary/aromatic N) is 4. The predicted octanol–water partition coefficient (Wildman–Crippen LogP) is 3.25. The number of fused-ring (bicyclic) bond motifs is 1. The second-order valence-electron chi connectivity index (χ2n) is 5.58. The number of likely N-dealkylation sites (tertiary alicyclic amines) is 1. The van der Waals surface area contributed by atoms with Crippen LogP contribution in [-0.2, 0) is 6.54 Å². The summed E-state index contributed by atoms with van der Waals surface area (Å²) in [6.07, 6.45) is 2.87. The molecule has 1 saturated heterocycles. The summed E-state index contributed by atoms with van der Waals surface area (Å²) >= 11 is 0. The molecule has 5 heteroatoms. The average Bonchev–Trinajstić information content (AvgIpc) is 3.11. The summed E-state index contributed by atoms with van der Waals surface area (Å²) in [7, 11) is 0. The Morgan fingerprint density at radius 2 is 2.14 bits per heavy atom. The molecule has 0 bridgehead atoms. The van der Waals surface area contributed by atoms with Crippen LogP contribution in [0.2, 0.25) is 0 Å². The summed E-state index contributed by atoms with van der Waals surface area (Å²) in [5.74, 6) is 0.667. The first kappa shape index (κ1) is 14.0. The molecule has 1 unspecified atom stereocenters. The molecule has 1 fully saturated rings. The summed E-state index contributed by atoms with van der Waals surface area (Å²) in [5.41, 5.74) is 1.58. The SMILES string of the molecule is CC(c1nc2cc(F)ccc2n1CCC#N)N1CCCC1. The van der Waals surface area contributed by atoms with E-state index in [9.17, 15) is 4.39 Å². The van der Waals surface area contributed by atoms with Crippen molar-refractivity contribution in [2.75, 3.05) is 13.1 Å². The zero-order valence-corrected chi connectivity index (χ0v) is 12.2. The van der Waals surface area contributed by atoms with E-state index < -0.39 is 0 Å². The zero-order valence-electron chi connectivity index (χ0n) is 12.2. The predicted molar refractivity (Wildman–Crippen MR) is 79.1 cm³/mol. The molecule has 0 saturated carbocycles. The lowest BCUT2D eigenvalue weighted by molar-refractivity contribution is 0.248. The molecule has 2 aromatic rings. The van der Waals surface area contributed by atoms with Crippen LogP contribution in [0.25, 0.3) is 11.0 Å². The number of benzene rings is 1. The Balaban J connectivity index is 2.04. The van der Waals surface area contributed by atoms with Gasteiger partial charge in [-0.15, -0.1) is 0 Å². The lowest BCUT2D eigenvalue weighted by Crippen LogP contribution is -2.26. The molecule has 0 spiro atoms. The molecule has 0 N–H and O–H groups in total. The topological polar surface area (TPSA) is 44.9 Å². The van der Waals surface area contributed by atoms with Gasteiger partial charge in [0.25, 0.3) is 0 Å². The molecule has 0 radical (unpaired) electrons.